The summed E-state index contributed by atoms with van der Waals surface area (Å²) in [7, 11) is 0. The summed E-state index contributed by atoms with van der Waals surface area (Å²) >= 11 is 0. The van der Waals surface area contributed by atoms with E-state index < -0.39 is 0 Å². The Morgan fingerprint density at radius 2 is 2.04 bits per heavy atom. The van der Waals surface area contributed by atoms with E-state index in [4.69, 9.17) is 5.73 Å². The predicted molar refractivity (Wildman–Crippen MR) is 104 cm³/mol. The van der Waals surface area contributed by atoms with Crippen LogP contribution in [-0.4, -0.2) is 37.0 Å². The molecule has 3 unspecified atom stereocenters. The Bertz CT molecular complexity index is 642. The van der Waals surface area contributed by atoms with Crippen LogP contribution in [0, 0.1) is 5.92 Å². The van der Waals surface area contributed by atoms with Crippen LogP contribution in [0.4, 0.5) is 11.4 Å². The Kier molecular flexibility index (Phi) is 6.14. The van der Waals surface area contributed by atoms with Gasteiger partial charge in [0.2, 0.25) is 11.8 Å². The average Bonchev–Trinajstić information content (AvgIpc) is 3.26. The molecule has 1 aromatic carbocycles. The van der Waals surface area contributed by atoms with Gasteiger partial charge in [0.25, 0.3) is 0 Å². The fourth-order valence-electron chi connectivity index (χ4n) is 3.91. The number of nitrogens with two attached hydrogens (primary N) is 1. The van der Waals surface area contributed by atoms with Crippen molar-refractivity contribution in [2.75, 3.05) is 23.3 Å². The molecule has 0 spiro atoms. The van der Waals surface area contributed by atoms with Crippen LogP contribution in [0.5, 0.6) is 0 Å². The van der Waals surface area contributed by atoms with Crippen LogP contribution in [0.2, 0.25) is 0 Å². The monoisotopic (exact) mass is 358 g/mol. The number of amides is 2. The molecule has 2 aliphatic rings. The molecule has 6 nitrogen and oxygen atoms in total. The van der Waals surface area contributed by atoms with Gasteiger partial charge >= 0.3 is 0 Å². The van der Waals surface area contributed by atoms with E-state index in [1.165, 1.54) is 12.8 Å². The van der Waals surface area contributed by atoms with E-state index in [1.54, 1.807) is 0 Å². The number of hydrogen-bond donors (Lipinski definition) is 3. The van der Waals surface area contributed by atoms with Gasteiger partial charge < -0.3 is 21.3 Å². The Morgan fingerprint density at radius 1 is 1.27 bits per heavy atom. The third kappa shape index (κ3) is 4.97. The molecular weight excluding hydrogens is 328 g/mol. The van der Waals surface area contributed by atoms with Crippen molar-refractivity contribution in [3.63, 3.8) is 0 Å². The van der Waals surface area contributed by atoms with E-state index in [-0.39, 0.29) is 36.2 Å². The summed E-state index contributed by atoms with van der Waals surface area (Å²) in [6.45, 7) is 4.02. The minimum atomic E-state index is -0.193. The lowest BCUT2D eigenvalue weighted by Gasteiger charge is -2.19. The number of benzene rings is 1. The van der Waals surface area contributed by atoms with E-state index >= 15 is 0 Å². The van der Waals surface area contributed by atoms with Crippen LogP contribution in [0.15, 0.2) is 24.3 Å². The highest BCUT2D eigenvalue weighted by Crippen LogP contribution is 2.25. The Balaban J connectivity index is 1.47. The van der Waals surface area contributed by atoms with E-state index in [1.807, 2.05) is 25.1 Å². The molecule has 142 valence electrons. The van der Waals surface area contributed by atoms with E-state index in [0.29, 0.717) is 0 Å². The molecule has 2 amide bonds. The summed E-state index contributed by atoms with van der Waals surface area (Å²) in [5.41, 5.74) is 7.83. The van der Waals surface area contributed by atoms with Crippen molar-refractivity contribution in [3.05, 3.63) is 24.3 Å². The first-order valence-electron chi connectivity index (χ1n) is 9.72. The third-order valence-corrected chi connectivity index (χ3v) is 5.33. The van der Waals surface area contributed by atoms with Crippen molar-refractivity contribution in [1.82, 2.24) is 5.32 Å². The molecule has 3 atom stereocenters. The summed E-state index contributed by atoms with van der Waals surface area (Å²) < 4.78 is 0. The highest BCUT2D eigenvalue weighted by atomic mass is 16.2. The second-order valence-corrected chi connectivity index (χ2v) is 7.68. The molecule has 1 aromatic rings. The molecular formula is C20H30N4O2. The molecule has 6 heteroatoms. The van der Waals surface area contributed by atoms with Crippen LogP contribution in [0.3, 0.4) is 0 Å². The van der Waals surface area contributed by atoms with Crippen molar-refractivity contribution in [1.29, 1.82) is 0 Å². The Morgan fingerprint density at radius 3 is 2.73 bits per heavy atom. The molecule has 1 heterocycles. The maximum absolute atomic E-state index is 12.3. The van der Waals surface area contributed by atoms with Gasteiger partial charge in [-0.3, -0.25) is 9.59 Å². The molecule has 0 aromatic heterocycles. The fraction of sp³-hybridized carbons (Fsp3) is 0.600. The molecule has 26 heavy (non-hydrogen) atoms. The lowest BCUT2D eigenvalue weighted by molar-refractivity contribution is -0.125. The zero-order chi connectivity index (χ0) is 18.5. The zero-order valence-electron chi connectivity index (χ0n) is 15.5. The number of hydrogen-bond acceptors (Lipinski definition) is 4. The van der Waals surface area contributed by atoms with Gasteiger partial charge in [0.15, 0.2) is 0 Å². The second-order valence-electron chi connectivity index (χ2n) is 7.68. The van der Waals surface area contributed by atoms with Gasteiger partial charge in [-0.15, -0.1) is 0 Å². The lowest BCUT2D eigenvalue weighted by atomic mass is 10.1. The summed E-state index contributed by atoms with van der Waals surface area (Å²) in [6, 6.07) is 7.91. The van der Waals surface area contributed by atoms with Crippen LogP contribution >= 0.6 is 0 Å². The van der Waals surface area contributed by atoms with Gasteiger partial charge in [0.1, 0.15) is 0 Å². The van der Waals surface area contributed by atoms with Crippen LogP contribution in [0.25, 0.3) is 0 Å². The number of anilines is 2. The molecule has 0 bridgehead atoms. The number of rotatable bonds is 6. The average molecular weight is 358 g/mol. The van der Waals surface area contributed by atoms with Gasteiger partial charge in [0, 0.05) is 48.9 Å². The maximum atomic E-state index is 12.3. The van der Waals surface area contributed by atoms with Crippen molar-refractivity contribution >= 4 is 23.2 Å². The van der Waals surface area contributed by atoms with Gasteiger partial charge in [-0.25, -0.2) is 0 Å². The molecule has 1 saturated heterocycles. The van der Waals surface area contributed by atoms with Gasteiger partial charge in [0.05, 0.1) is 0 Å². The molecule has 2 fully saturated rings. The first-order valence-corrected chi connectivity index (χ1v) is 9.72. The largest absolute Gasteiger partial charge is 0.371 e. The first kappa shape index (κ1) is 18.7. The van der Waals surface area contributed by atoms with E-state index in [2.05, 4.69) is 21.6 Å². The normalized spacial score (nSPS) is 23.7. The quantitative estimate of drug-likeness (QED) is 0.728. The Hall–Kier alpha value is -2.08. The number of nitrogens with one attached hydrogen (secondary N) is 2. The highest BCUT2D eigenvalue weighted by Gasteiger charge is 2.28. The third-order valence-electron chi connectivity index (χ3n) is 5.33. The molecule has 4 N–H and O–H groups in total. The highest BCUT2D eigenvalue weighted by molar-refractivity contribution is 5.92. The smallest absolute Gasteiger partial charge is 0.226 e. The number of carbonyl (C=O) groups excluding carboxylic acids is 2. The summed E-state index contributed by atoms with van der Waals surface area (Å²) in [4.78, 5) is 26.9. The zero-order valence-corrected chi connectivity index (χ0v) is 15.5. The summed E-state index contributed by atoms with van der Waals surface area (Å²) in [5, 5.41) is 5.90. The van der Waals surface area contributed by atoms with Gasteiger partial charge in [-0.1, -0.05) is 6.07 Å². The maximum Gasteiger partial charge on any atom is 0.226 e. The molecule has 3 rings (SSSR count). The molecule has 1 saturated carbocycles. The second kappa shape index (κ2) is 8.54. The van der Waals surface area contributed by atoms with Crippen molar-refractivity contribution in [2.45, 2.75) is 57.5 Å². The molecule has 1 aliphatic heterocycles. The summed E-state index contributed by atoms with van der Waals surface area (Å²) in [6.07, 6.45) is 5.20. The fourth-order valence-corrected chi connectivity index (χ4v) is 3.91. The van der Waals surface area contributed by atoms with Gasteiger partial charge in [-0.2, -0.15) is 0 Å². The van der Waals surface area contributed by atoms with Crippen LogP contribution in [-0.2, 0) is 9.59 Å². The van der Waals surface area contributed by atoms with Crippen LogP contribution in [0.1, 0.15) is 45.4 Å². The SMILES string of the molecule is CC(CC(=O)Nc1cccc(N2CCCC2)c1)NC(=O)C1CCC(N)C1. The van der Waals surface area contributed by atoms with E-state index in [9.17, 15) is 9.59 Å². The van der Waals surface area contributed by atoms with Crippen molar-refractivity contribution < 1.29 is 9.59 Å². The predicted octanol–water partition coefficient (Wildman–Crippen LogP) is 2.25. The number of carbonyl (C=O) groups is 2. The lowest BCUT2D eigenvalue weighted by Crippen LogP contribution is -2.39. The van der Waals surface area contributed by atoms with Crippen LogP contribution < -0.4 is 21.3 Å². The van der Waals surface area contributed by atoms with Gasteiger partial charge in [-0.05, 0) is 57.2 Å². The standard InChI is InChI=1S/C20H30N4O2/c1-14(22-20(26)15-7-8-16(21)12-15)11-19(25)23-17-5-4-6-18(13-17)24-9-2-3-10-24/h4-6,13-16H,2-3,7-12,21H2,1H3,(H,22,26)(H,23,25). The Labute approximate surface area is 155 Å². The van der Waals surface area contributed by atoms with Crippen molar-refractivity contribution in [3.8, 4) is 0 Å². The molecule has 0 radical (unpaired) electrons. The summed E-state index contributed by atoms with van der Waals surface area (Å²) in [5.74, 6) is -0.0681. The van der Waals surface area contributed by atoms with Crippen molar-refractivity contribution in [2.24, 2.45) is 11.7 Å². The topological polar surface area (TPSA) is 87.5 Å². The minimum Gasteiger partial charge on any atom is -0.371 e. The number of nitrogens with zero attached hydrogens (tertiary/aromatic N) is 1. The van der Waals surface area contributed by atoms with E-state index in [0.717, 1.165) is 43.7 Å². The first-order chi connectivity index (χ1) is 12.5. The minimum absolute atomic E-state index is 0.00680. The molecule has 1 aliphatic carbocycles.